The Hall–Kier alpha value is -0.890. The Morgan fingerprint density at radius 2 is 2.42 bits per heavy atom. The van der Waals surface area contributed by atoms with E-state index in [0.717, 1.165) is 12.1 Å². The minimum Gasteiger partial charge on any atom is -0.396 e. The van der Waals surface area contributed by atoms with Gasteiger partial charge in [0.25, 0.3) is 0 Å². The van der Waals surface area contributed by atoms with Gasteiger partial charge < -0.3 is 5.11 Å². The van der Waals surface area contributed by atoms with Crippen molar-refractivity contribution in [2.24, 2.45) is 5.92 Å². The normalized spacial score (nSPS) is 27.2. The Labute approximate surface area is 72.3 Å². The van der Waals surface area contributed by atoms with E-state index in [9.17, 15) is 0 Å². The second kappa shape index (κ2) is 2.87. The van der Waals surface area contributed by atoms with Gasteiger partial charge in [0, 0.05) is 24.4 Å². The van der Waals surface area contributed by atoms with Crippen LogP contribution in [0.1, 0.15) is 23.6 Å². The van der Waals surface area contributed by atoms with E-state index in [1.54, 1.807) is 0 Å². The van der Waals surface area contributed by atoms with E-state index in [0.29, 0.717) is 18.4 Å². The van der Waals surface area contributed by atoms with Gasteiger partial charge in [0.1, 0.15) is 0 Å². The highest BCUT2D eigenvalue weighted by Gasteiger charge is 2.38. The number of rotatable bonds is 2. The number of pyridine rings is 1. The van der Waals surface area contributed by atoms with Crippen molar-refractivity contribution in [3.8, 4) is 0 Å². The molecule has 1 aromatic heterocycles. The molecule has 2 heteroatoms. The predicted molar refractivity (Wildman–Crippen MR) is 46.9 cm³/mol. The van der Waals surface area contributed by atoms with Crippen LogP contribution in [0.4, 0.5) is 0 Å². The summed E-state index contributed by atoms with van der Waals surface area (Å²) < 4.78 is 0. The number of nitrogens with zero attached hydrogens (tertiary/aromatic N) is 1. The van der Waals surface area contributed by atoms with Crippen molar-refractivity contribution in [3.05, 3.63) is 29.6 Å². The van der Waals surface area contributed by atoms with Crippen molar-refractivity contribution in [3.63, 3.8) is 0 Å². The predicted octanol–water partition coefficient (Wildman–Crippen LogP) is 1.49. The lowest BCUT2D eigenvalue weighted by molar-refractivity contribution is 0.273. The van der Waals surface area contributed by atoms with E-state index in [-0.39, 0.29) is 0 Å². The largest absolute Gasteiger partial charge is 0.396 e. The lowest BCUT2D eigenvalue weighted by Gasteiger charge is -1.97. The summed E-state index contributed by atoms with van der Waals surface area (Å²) in [6, 6.07) is 4.14. The molecule has 1 heterocycles. The molecule has 1 fully saturated rings. The van der Waals surface area contributed by atoms with Crippen LogP contribution in [0.15, 0.2) is 18.3 Å². The Bertz CT molecular complexity index is 268. The molecule has 1 N–H and O–H groups in total. The van der Waals surface area contributed by atoms with Crippen LogP contribution >= 0.6 is 0 Å². The van der Waals surface area contributed by atoms with Crippen molar-refractivity contribution in [2.75, 3.05) is 6.61 Å². The molecule has 1 aliphatic rings. The fourth-order valence-corrected chi connectivity index (χ4v) is 1.51. The molecule has 0 bridgehead atoms. The van der Waals surface area contributed by atoms with Crippen LogP contribution in [0.2, 0.25) is 0 Å². The summed E-state index contributed by atoms with van der Waals surface area (Å²) in [5, 5.41) is 8.86. The summed E-state index contributed by atoms with van der Waals surface area (Å²) in [7, 11) is 0. The first-order valence-electron chi connectivity index (χ1n) is 4.34. The van der Waals surface area contributed by atoms with Gasteiger partial charge in [-0.05, 0) is 30.9 Å². The Morgan fingerprint density at radius 1 is 1.58 bits per heavy atom. The number of aliphatic hydroxyl groups excluding tert-OH is 1. The number of aryl methyl sites for hydroxylation is 1. The van der Waals surface area contributed by atoms with Crippen molar-refractivity contribution < 1.29 is 5.11 Å². The molecule has 12 heavy (non-hydrogen) atoms. The zero-order valence-corrected chi connectivity index (χ0v) is 7.20. The van der Waals surface area contributed by atoms with Gasteiger partial charge in [-0.15, -0.1) is 0 Å². The van der Waals surface area contributed by atoms with Gasteiger partial charge in [-0.2, -0.15) is 0 Å². The van der Waals surface area contributed by atoms with E-state index in [4.69, 9.17) is 5.11 Å². The molecule has 0 aromatic carbocycles. The molecule has 2 rings (SSSR count). The molecule has 1 aromatic rings. The Kier molecular flexibility index (Phi) is 1.85. The fraction of sp³-hybridized carbons (Fsp3) is 0.500. The third kappa shape index (κ3) is 1.34. The van der Waals surface area contributed by atoms with Gasteiger partial charge in [-0.1, -0.05) is 6.07 Å². The van der Waals surface area contributed by atoms with Crippen LogP contribution in [-0.2, 0) is 0 Å². The van der Waals surface area contributed by atoms with E-state index in [2.05, 4.69) is 17.1 Å². The molecule has 0 aliphatic heterocycles. The maximum absolute atomic E-state index is 8.86. The molecular weight excluding hydrogens is 150 g/mol. The molecule has 0 spiro atoms. The highest BCUT2D eigenvalue weighted by Crippen LogP contribution is 2.45. The molecular formula is C10H13NO. The van der Waals surface area contributed by atoms with Crippen LogP contribution in [0.25, 0.3) is 0 Å². The SMILES string of the molecule is Cc1ccc([C@@H]2C[C@H]2CO)nc1. The minimum absolute atomic E-state index is 0.306. The van der Waals surface area contributed by atoms with Gasteiger partial charge >= 0.3 is 0 Å². The van der Waals surface area contributed by atoms with Crippen LogP contribution in [0.3, 0.4) is 0 Å². The maximum Gasteiger partial charge on any atom is 0.0465 e. The summed E-state index contributed by atoms with van der Waals surface area (Å²) >= 11 is 0. The Balaban J connectivity index is 2.10. The van der Waals surface area contributed by atoms with Crippen molar-refractivity contribution >= 4 is 0 Å². The van der Waals surface area contributed by atoms with Gasteiger partial charge in [0.05, 0.1) is 0 Å². The standard InChI is InChI=1S/C10H13NO/c1-7-2-3-10(11-5-7)9-4-8(9)6-12/h2-3,5,8-9,12H,4,6H2,1H3/t8-,9+/m0/s1. The van der Waals surface area contributed by atoms with Gasteiger partial charge in [-0.25, -0.2) is 0 Å². The third-order valence-electron chi connectivity index (χ3n) is 2.47. The summed E-state index contributed by atoms with van der Waals surface area (Å²) in [5.41, 5.74) is 2.33. The van der Waals surface area contributed by atoms with Crippen LogP contribution in [0, 0.1) is 12.8 Å². The first-order chi connectivity index (χ1) is 5.81. The monoisotopic (exact) mass is 163 g/mol. The summed E-state index contributed by atoms with van der Waals surface area (Å²) in [6.45, 7) is 2.34. The van der Waals surface area contributed by atoms with Crippen LogP contribution in [0.5, 0.6) is 0 Å². The smallest absolute Gasteiger partial charge is 0.0465 e. The molecule has 0 amide bonds. The summed E-state index contributed by atoms with van der Waals surface area (Å²) in [4.78, 5) is 4.33. The lowest BCUT2D eigenvalue weighted by atomic mass is 10.2. The second-order valence-corrected chi connectivity index (χ2v) is 3.55. The number of hydrogen-bond donors (Lipinski definition) is 1. The topological polar surface area (TPSA) is 33.1 Å². The van der Waals surface area contributed by atoms with Gasteiger partial charge in [-0.3, -0.25) is 4.98 Å². The average molecular weight is 163 g/mol. The molecule has 2 atom stereocenters. The van der Waals surface area contributed by atoms with Crippen molar-refractivity contribution in [1.29, 1.82) is 0 Å². The second-order valence-electron chi connectivity index (χ2n) is 3.55. The van der Waals surface area contributed by atoms with E-state index < -0.39 is 0 Å². The highest BCUT2D eigenvalue weighted by atomic mass is 16.3. The number of hydrogen-bond acceptors (Lipinski definition) is 2. The molecule has 0 saturated heterocycles. The van der Waals surface area contributed by atoms with Gasteiger partial charge in [0.15, 0.2) is 0 Å². The lowest BCUT2D eigenvalue weighted by Crippen LogP contribution is -1.91. The fourth-order valence-electron chi connectivity index (χ4n) is 1.51. The first kappa shape index (κ1) is 7.74. The summed E-state index contributed by atoms with van der Waals surface area (Å²) in [5.74, 6) is 0.996. The molecule has 1 aliphatic carbocycles. The maximum atomic E-state index is 8.86. The zero-order valence-electron chi connectivity index (χ0n) is 7.20. The molecule has 0 unspecified atom stereocenters. The molecule has 2 nitrogen and oxygen atoms in total. The number of aliphatic hydroxyl groups is 1. The summed E-state index contributed by atoms with van der Waals surface area (Å²) in [6.07, 6.45) is 2.99. The van der Waals surface area contributed by atoms with E-state index in [1.165, 1.54) is 5.56 Å². The average Bonchev–Trinajstić information content (AvgIpc) is 2.85. The van der Waals surface area contributed by atoms with Crippen LogP contribution < -0.4 is 0 Å². The first-order valence-corrected chi connectivity index (χ1v) is 4.34. The van der Waals surface area contributed by atoms with E-state index in [1.807, 2.05) is 13.1 Å². The quantitative estimate of drug-likeness (QED) is 0.716. The zero-order chi connectivity index (χ0) is 8.55. The molecule has 1 saturated carbocycles. The van der Waals surface area contributed by atoms with E-state index >= 15 is 0 Å². The number of aromatic nitrogens is 1. The molecule has 64 valence electrons. The van der Waals surface area contributed by atoms with Gasteiger partial charge in [0.2, 0.25) is 0 Å². The third-order valence-corrected chi connectivity index (χ3v) is 2.47. The van der Waals surface area contributed by atoms with Crippen molar-refractivity contribution in [2.45, 2.75) is 19.3 Å². The highest BCUT2D eigenvalue weighted by molar-refractivity contribution is 5.20. The Morgan fingerprint density at radius 3 is 2.92 bits per heavy atom. The molecule has 0 radical (unpaired) electrons. The van der Waals surface area contributed by atoms with Crippen LogP contribution in [-0.4, -0.2) is 16.7 Å². The van der Waals surface area contributed by atoms with Crippen molar-refractivity contribution in [1.82, 2.24) is 4.98 Å². The minimum atomic E-state index is 0.306.